The fraction of sp³-hybridized carbons (Fsp3) is 0.855. The van der Waals surface area contributed by atoms with Crippen LogP contribution in [-0.2, 0) is 23.7 Å². The van der Waals surface area contributed by atoms with Gasteiger partial charge in [-0.3, -0.25) is 4.79 Å². The first-order chi connectivity index (χ1) is 37.1. The molecule has 444 valence electrons. The zero-order chi connectivity index (χ0) is 55.3. The third kappa shape index (κ3) is 32.9. The molecule has 0 aromatic carbocycles. The lowest BCUT2D eigenvalue weighted by molar-refractivity contribution is -0.359. The number of aliphatic hydroxyl groups is 8. The second-order valence-corrected chi connectivity index (χ2v) is 21.8. The molecule has 76 heavy (non-hydrogen) atoms. The van der Waals surface area contributed by atoms with E-state index >= 15 is 0 Å². The summed E-state index contributed by atoms with van der Waals surface area (Å²) >= 11 is 0. The van der Waals surface area contributed by atoms with Gasteiger partial charge in [-0.2, -0.15) is 0 Å². The molecule has 2 saturated heterocycles. The summed E-state index contributed by atoms with van der Waals surface area (Å²) < 4.78 is 22.7. The zero-order valence-electron chi connectivity index (χ0n) is 47.7. The molecule has 0 bridgehead atoms. The first-order valence-electron chi connectivity index (χ1n) is 30.8. The topological polar surface area (TPSA) is 228 Å². The van der Waals surface area contributed by atoms with Crippen molar-refractivity contribution in [3.8, 4) is 0 Å². The average Bonchev–Trinajstić information content (AvgIpc) is 3.42. The highest BCUT2D eigenvalue weighted by molar-refractivity contribution is 5.76. The van der Waals surface area contributed by atoms with E-state index in [4.69, 9.17) is 18.9 Å². The number of rotatable bonds is 49. The van der Waals surface area contributed by atoms with E-state index in [1.807, 2.05) is 19.1 Å². The average molecular weight is 1080 g/mol. The van der Waals surface area contributed by atoms with Gasteiger partial charge in [-0.05, 0) is 64.7 Å². The number of unbranched alkanes of at least 4 members (excludes halogenated alkanes) is 31. The van der Waals surface area contributed by atoms with Gasteiger partial charge in [-0.1, -0.05) is 222 Å². The third-order valence-corrected chi connectivity index (χ3v) is 15.1. The van der Waals surface area contributed by atoms with Crippen LogP contribution in [0.3, 0.4) is 0 Å². The molecule has 0 aromatic rings. The van der Waals surface area contributed by atoms with Crippen LogP contribution in [-0.4, -0.2) is 140 Å². The van der Waals surface area contributed by atoms with Crippen LogP contribution in [0.2, 0.25) is 0 Å². The van der Waals surface area contributed by atoms with Gasteiger partial charge in [0, 0.05) is 6.42 Å². The number of aliphatic hydroxyl groups excluding tert-OH is 8. The number of hydrogen-bond acceptors (Lipinski definition) is 13. The minimum atomic E-state index is -1.79. The Balaban J connectivity index is 1.58. The molecule has 2 heterocycles. The van der Waals surface area contributed by atoms with Gasteiger partial charge in [0.1, 0.15) is 48.8 Å². The molecule has 12 atom stereocenters. The highest BCUT2D eigenvalue weighted by Gasteiger charge is 2.51. The molecule has 9 N–H and O–H groups in total. The molecule has 2 rings (SSSR count). The molecule has 14 heteroatoms. The molecule has 0 aromatic heterocycles. The van der Waals surface area contributed by atoms with Crippen molar-refractivity contribution in [2.24, 2.45) is 0 Å². The predicted molar refractivity (Wildman–Crippen MR) is 304 cm³/mol. The Morgan fingerprint density at radius 2 is 0.895 bits per heavy atom. The Kier molecular flexibility index (Phi) is 44.0. The van der Waals surface area contributed by atoms with E-state index in [-0.39, 0.29) is 18.9 Å². The highest BCUT2D eigenvalue weighted by Crippen LogP contribution is 2.30. The van der Waals surface area contributed by atoms with Crippen LogP contribution in [0.4, 0.5) is 0 Å². The number of allylic oxidation sites excluding steroid dienone is 7. The van der Waals surface area contributed by atoms with E-state index in [1.54, 1.807) is 6.08 Å². The van der Waals surface area contributed by atoms with Crippen molar-refractivity contribution in [2.75, 3.05) is 19.8 Å². The van der Waals surface area contributed by atoms with Gasteiger partial charge in [0.25, 0.3) is 0 Å². The Morgan fingerprint density at radius 1 is 0.487 bits per heavy atom. The van der Waals surface area contributed by atoms with Crippen molar-refractivity contribution < 1.29 is 64.6 Å². The van der Waals surface area contributed by atoms with Gasteiger partial charge in [-0.25, -0.2) is 0 Å². The number of ether oxygens (including phenoxy) is 4. The molecule has 0 spiro atoms. The first kappa shape index (κ1) is 70.1. The van der Waals surface area contributed by atoms with Crippen LogP contribution in [0, 0.1) is 0 Å². The first-order valence-corrected chi connectivity index (χ1v) is 30.8. The Hall–Kier alpha value is -2.05. The quantitative estimate of drug-likeness (QED) is 0.0204. The van der Waals surface area contributed by atoms with E-state index in [1.165, 1.54) is 173 Å². The molecule has 2 fully saturated rings. The summed E-state index contributed by atoms with van der Waals surface area (Å²) in [7, 11) is 0. The summed E-state index contributed by atoms with van der Waals surface area (Å²) in [4.78, 5) is 13.2. The fourth-order valence-electron chi connectivity index (χ4n) is 10.1. The number of amides is 1. The van der Waals surface area contributed by atoms with Crippen molar-refractivity contribution in [3.63, 3.8) is 0 Å². The van der Waals surface area contributed by atoms with Gasteiger partial charge >= 0.3 is 0 Å². The maximum Gasteiger partial charge on any atom is 0.220 e. The number of carbonyl (C=O) groups is 1. The number of nitrogens with one attached hydrogen (secondary N) is 1. The van der Waals surface area contributed by atoms with Gasteiger partial charge in [0.15, 0.2) is 12.6 Å². The molecule has 0 aliphatic carbocycles. The van der Waals surface area contributed by atoms with E-state index in [9.17, 15) is 45.6 Å². The smallest absolute Gasteiger partial charge is 0.220 e. The Morgan fingerprint density at radius 3 is 1.37 bits per heavy atom. The van der Waals surface area contributed by atoms with E-state index in [2.05, 4.69) is 42.6 Å². The van der Waals surface area contributed by atoms with Crippen molar-refractivity contribution >= 4 is 5.91 Å². The second kappa shape index (κ2) is 47.7. The van der Waals surface area contributed by atoms with Gasteiger partial charge in [-0.15, -0.1) is 0 Å². The zero-order valence-corrected chi connectivity index (χ0v) is 47.7. The third-order valence-electron chi connectivity index (χ3n) is 15.1. The molecule has 12 unspecified atom stereocenters. The molecule has 2 aliphatic rings. The van der Waals surface area contributed by atoms with Crippen molar-refractivity contribution in [3.05, 3.63) is 48.6 Å². The van der Waals surface area contributed by atoms with E-state index < -0.39 is 86.8 Å². The van der Waals surface area contributed by atoms with Crippen LogP contribution >= 0.6 is 0 Å². The fourth-order valence-corrected chi connectivity index (χ4v) is 10.1. The van der Waals surface area contributed by atoms with Crippen LogP contribution in [0.25, 0.3) is 0 Å². The summed E-state index contributed by atoms with van der Waals surface area (Å²) in [5, 5.41) is 86.7. The van der Waals surface area contributed by atoms with Gasteiger partial charge in [0.2, 0.25) is 5.91 Å². The monoisotopic (exact) mass is 1080 g/mol. The minimum absolute atomic E-state index is 0.254. The maximum atomic E-state index is 13.2. The summed E-state index contributed by atoms with van der Waals surface area (Å²) in [5.41, 5.74) is 0. The van der Waals surface area contributed by atoms with Gasteiger partial charge < -0.3 is 65.1 Å². The van der Waals surface area contributed by atoms with Crippen molar-refractivity contribution in [1.29, 1.82) is 0 Å². The number of carbonyl (C=O) groups excluding carboxylic acids is 1. The van der Waals surface area contributed by atoms with Gasteiger partial charge in [0.05, 0.1) is 32.0 Å². The summed E-state index contributed by atoms with van der Waals surface area (Å²) in [6.07, 6.45) is 43.7. The van der Waals surface area contributed by atoms with E-state index in [0.29, 0.717) is 12.8 Å². The Bertz CT molecular complexity index is 1460. The normalized spacial score (nSPS) is 25.2. The summed E-state index contributed by atoms with van der Waals surface area (Å²) in [6.45, 7) is 2.54. The Labute approximate surface area is 461 Å². The van der Waals surface area contributed by atoms with Crippen molar-refractivity contribution in [1.82, 2.24) is 5.32 Å². The van der Waals surface area contributed by atoms with Crippen molar-refractivity contribution in [2.45, 2.75) is 319 Å². The maximum absolute atomic E-state index is 13.2. The molecule has 14 nitrogen and oxygen atoms in total. The molecule has 1 amide bonds. The summed E-state index contributed by atoms with van der Waals surface area (Å²) in [5.74, 6) is -0.254. The highest BCUT2D eigenvalue weighted by atomic mass is 16.7. The van der Waals surface area contributed by atoms with Crippen LogP contribution in [0.15, 0.2) is 48.6 Å². The summed E-state index contributed by atoms with van der Waals surface area (Å²) in [6, 6.07) is -0.935. The van der Waals surface area contributed by atoms with Crippen LogP contribution in [0.1, 0.15) is 245 Å². The van der Waals surface area contributed by atoms with Crippen LogP contribution in [0.5, 0.6) is 0 Å². The lowest BCUT2D eigenvalue weighted by atomic mass is 9.97. The lowest BCUT2D eigenvalue weighted by Crippen LogP contribution is -2.65. The molecular formula is C62H113NO13. The predicted octanol–water partition coefficient (Wildman–Crippen LogP) is 10.8. The minimum Gasteiger partial charge on any atom is -0.394 e. The van der Waals surface area contributed by atoms with E-state index in [0.717, 1.165) is 38.5 Å². The molecule has 0 radical (unpaired) electrons. The lowest BCUT2D eigenvalue weighted by Gasteiger charge is -2.46. The SMILES string of the molecule is C/C=C/CC/C=C/CC/C=C/C(O)C(COC1OC(CO)C(OC2OC(CO)C(O)C(O)C2O)C(O)C1O)NC(=O)CCCCCCCCCCCCCCCCCCCCCCC/C=C\CCCCCCCCCC. The molecular weight excluding hydrogens is 967 g/mol. The number of hydrogen-bond donors (Lipinski definition) is 9. The molecule has 0 saturated carbocycles. The van der Waals surface area contributed by atoms with Crippen LogP contribution < -0.4 is 5.32 Å². The second-order valence-electron chi connectivity index (χ2n) is 21.8. The standard InChI is InChI=1S/C62H113NO13/c1-3-5-7-9-11-13-14-15-16-17-18-19-20-21-22-23-24-25-26-27-28-29-30-31-32-33-34-35-36-38-40-42-44-46-54(67)63-50(51(66)45-43-41-39-37-12-10-8-6-4-2)49-73-61-59(72)57(70)60(53(48-65)75-61)76-62-58(71)56(69)55(68)52(47-64)74-62/h4,6,12,17-18,37,43,45,50-53,55-62,64-66,68-72H,3,5,7-11,13-16,19-36,38-42,44,46-49H2,1-2H3,(H,63,67)/b6-4+,18-17-,37-12+,45-43+. The largest absolute Gasteiger partial charge is 0.394 e. The molecule has 2 aliphatic heterocycles.